The lowest BCUT2D eigenvalue weighted by Gasteiger charge is -1.99. The predicted molar refractivity (Wildman–Crippen MR) is 80.1 cm³/mol. The highest BCUT2D eigenvalue weighted by Gasteiger charge is 2.08. The van der Waals surface area contributed by atoms with Gasteiger partial charge in [-0.15, -0.1) is 0 Å². The number of carbonyl (C=O) groups is 1. The van der Waals surface area contributed by atoms with Crippen LogP contribution in [0.25, 0.3) is 22.2 Å². The predicted octanol–water partition coefficient (Wildman–Crippen LogP) is 4.27. The number of benzene rings is 2. The summed E-state index contributed by atoms with van der Waals surface area (Å²) in [4.78, 5) is 14.8. The number of ether oxygens (including phenoxy) is 1. The second-order valence-corrected chi connectivity index (χ2v) is 4.92. The number of hydrogen-bond acceptors (Lipinski definition) is 2. The third kappa shape index (κ3) is 2.28. The quantitative estimate of drug-likeness (QED) is 0.714. The molecule has 3 rings (SSSR count). The van der Waals surface area contributed by atoms with Crippen LogP contribution in [0.4, 0.5) is 0 Å². The number of aromatic amines is 1. The lowest BCUT2D eigenvalue weighted by molar-refractivity contribution is 0.0601. The number of esters is 1. The minimum atomic E-state index is -0.342. The third-order valence-corrected chi connectivity index (χ3v) is 3.41. The Labute approximate surface area is 121 Å². The van der Waals surface area contributed by atoms with Gasteiger partial charge in [-0.05, 0) is 35.9 Å². The fourth-order valence-electron chi connectivity index (χ4n) is 2.18. The first-order valence-electron chi connectivity index (χ1n) is 6.14. The minimum absolute atomic E-state index is 0.342. The molecular formula is C16H12ClNO2. The van der Waals surface area contributed by atoms with E-state index in [-0.39, 0.29) is 5.97 Å². The summed E-state index contributed by atoms with van der Waals surface area (Å²) >= 11 is 6.00. The number of carbonyl (C=O) groups excluding carboxylic acids is 1. The smallest absolute Gasteiger partial charge is 0.337 e. The first-order chi connectivity index (χ1) is 9.67. The van der Waals surface area contributed by atoms with Crippen molar-refractivity contribution in [2.24, 2.45) is 0 Å². The molecule has 0 bridgehead atoms. The molecule has 100 valence electrons. The lowest BCUT2D eigenvalue weighted by atomic mass is 10.1. The highest BCUT2D eigenvalue weighted by Crippen LogP contribution is 2.26. The van der Waals surface area contributed by atoms with Gasteiger partial charge < -0.3 is 9.72 Å². The van der Waals surface area contributed by atoms with Crippen molar-refractivity contribution in [3.05, 3.63) is 59.1 Å². The molecule has 20 heavy (non-hydrogen) atoms. The Morgan fingerprint density at radius 3 is 2.75 bits per heavy atom. The fourth-order valence-corrected chi connectivity index (χ4v) is 2.37. The van der Waals surface area contributed by atoms with Gasteiger partial charge in [0, 0.05) is 21.6 Å². The van der Waals surface area contributed by atoms with E-state index in [9.17, 15) is 4.79 Å². The molecule has 0 amide bonds. The number of H-pyrrole nitrogens is 1. The van der Waals surface area contributed by atoms with Gasteiger partial charge in [0.1, 0.15) is 0 Å². The van der Waals surface area contributed by atoms with Crippen molar-refractivity contribution in [1.82, 2.24) is 4.98 Å². The number of fused-ring (bicyclic) bond motifs is 1. The van der Waals surface area contributed by atoms with Crippen LogP contribution in [0.3, 0.4) is 0 Å². The molecule has 0 aliphatic rings. The van der Waals surface area contributed by atoms with Crippen LogP contribution in [0.15, 0.2) is 48.5 Å². The molecule has 0 saturated heterocycles. The van der Waals surface area contributed by atoms with Crippen LogP contribution in [-0.4, -0.2) is 18.1 Å². The molecule has 1 aromatic heterocycles. The molecule has 4 heteroatoms. The number of rotatable bonds is 2. The van der Waals surface area contributed by atoms with Crippen molar-refractivity contribution in [1.29, 1.82) is 0 Å². The molecule has 0 aliphatic heterocycles. The van der Waals surface area contributed by atoms with Crippen LogP contribution in [0, 0.1) is 0 Å². The summed E-state index contributed by atoms with van der Waals surface area (Å²) in [6.45, 7) is 0. The average molecular weight is 286 g/mol. The van der Waals surface area contributed by atoms with Crippen LogP contribution in [0.2, 0.25) is 5.02 Å². The van der Waals surface area contributed by atoms with Gasteiger partial charge in [-0.25, -0.2) is 4.79 Å². The van der Waals surface area contributed by atoms with Crippen LogP contribution >= 0.6 is 11.6 Å². The van der Waals surface area contributed by atoms with Gasteiger partial charge in [-0.1, -0.05) is 29.8 Å². The highest BCUT2D eigenvalue weighted by atomic mass is 35.5. The molecule has 2 aromatic carbocycles. The van der Waals surface area contributed by atoms with Crippen molar-refractivity contribution >= 4 is 28.5 Å². The van der Waals surface area contributed by atoms with Gasteiger partial charge >= 0.3 is 5.97 Å². The van der Waals surface area contributed by atoms with E-state index < -0.39 is 0 Å². The first-order valence-corrected chi connectivity index (χ1v) is 6.52. The van der Waals surface area contributed by atoms with Crippen molar-refractivity contribution in [3.8, 4) is 11.3 Å². The summed E-state index contributed by atoms with van der Waals surface area (Å²) in [6.07, 6.45) is 0. The Morgan fingerprint density at radius 1 is 1.15 bits per heavy atom. The first kappa shape index (κ1) is 12.8. The summed E-state index contributed by atoms with van der Waals surface area (Å²) in [5.41, 5.74) is 3.39. The van der Waals surface area contributed by atoms with E-state index in [0.29, 0.717) is 10.6 Å². The molecule has 3 nitrogen and oxygen atoms in total. The van der Waals surface area contributed by atoms with Gasteiger partial charge in [0.25, 0.3) is 0 Å². The molecule has 0 aliphatic carbocycles. The lowest BCUT2D eigenvalue weighted by Crippen LogP contribution is -2.00. The second-order valence-electron chi connectivity index (χ2n) is 4.49. The fraction of sp³-hybridized carbons (Fsp3) is 0.0625. The van der Waals surface area contributed by atoms with Gasteiger partial charge in [0.05, 0.1) is 12.7 Å². The second kappa shape index (κ2) is 5.02. The molecular weight excluding hydrogens is 274 g/mol. The molecule has 0 spiro atoms. The van der Waals surface area contributed by atoms with Gasteiger partial charge in [-0.3, -0.25) is 0 Å². The Bertz CT molecular complexity index is 792. The summed E-state index contributed by atoms with van der Waals surface area (Å²) in [7, 11) is 1.37. The van der Waals surface area contributed by atoms with Crippen molar-refractivity contribution < 1.29 is 9.53 Å². The van der Waals surface area contributed by atoms with Gasteiger partial charge in [0.15, 0.2) is 0 Å². The van der Waals surface area contributed by atoms with E-state index in [1.807, 2.05) is 36.4 Å². The normalized spacial score (nSPS) is 10.7. The molecule has 0 radical (unpaired) electrons. The Kier molecular flexibility index (Phi) is 3.20. The van der Waals surface area contributed by atoms with E-state index in [2.05, 4.69) is 4.98 Å². The molecule has 1 heterocycles. The molecule has 0 atom stereocenters. The molecule has 0 saturated carbocycles. The third-order valence-electron chi connectivity index (χ3n) is 3.18. The number of hydrogen-bond donors (Lipinski definition) is 1. The Balaban J connectivity index is 2.09. The zero-order valence-electron chi connectivity index (χ0n) is 10.8. The highest BCUT2D eigenvalue weighted by molar-refractivity contribution is 6.30. The SMILES string of the molecule is COC(=O)c1ccc2cc(-c3cccc(Cl)c3)[nH]c2c1. The zero-order valence-corrected chi connectivity index (χ0v) is 11.6. The molecule has 0 fully saturated rings. The van der Waals surface area contributed by atoms with Crippen LogP contribution in [-0.2, 0) is 4.74 Å². The summed E-state index contributed by atoms with van der Waals surface area (Å²) in [5, 5.41) is 1.73. The van der Waals surface area contributed by atoms with E-state index >= 15 is 0 Å². The van der Waals surface area contributed by atoms with Crippen LogP contribution < -0.4 is 0 Å². The van der Waals surface area contributed by atoms with Crippen LogP contribution in [0.5, 0.6) is 0 Å². The topological polar surface area (TPSA) is 42.1 Å². The molecule has 3 aromatic rings. The maximum absolute atomic E-state index is 11.5. The maximum atomic E-state index is 11.5. The zero-order chi connectivity index (χ0) is 14.1. The minimum Gasteiger partial charge on any atom is -0.465 e. The number of methoxy groups -OCH3 is 1. The number of aromatic nitrogens is 1. The molecule has 1 N–H and O–H groups in total. The van der Waals surface area contributed by atoms with E-state index in [1.165, 1.54) is 7.11 Å². The van der Waals surface area contributed by atoms with Crippen molar-refractivity contribution in [2.45, 2.75) is 0 Å². The number of nitrogens with one attached hydrogen (secondary N) is 1. The summed E-state index contributed by atoms with van der Waals surface area (Å²) in [5.74, 6) is -0.342. The maximum Gasteiger partial charge on any atom is 0.337 e. The van der Waals surface area contributed by atoms with Gasteiger partial charge in [0.2, 0.25) is 0 Å². The van der Waals surface area contributed by atoms with E-state index in [4.69, 9.17) is 16.3 Å². The van der Waals surface area contributed by atoms with E-state index in [1.54, 1.807) is 12.1 Å². The summed E-state index contributed by atoms with van der Waals surface area (Å²) < 4.78 is 4.72. The van der Waals surface area contributed by atoms with Crippen LogP contribution in [0.1, 0.15) is 10.4 Å². The van der Waals surface area contributed by atoms with E-state index in [0.717, 1.165) is 22.2 Å². The standard InChI is InChI=1S/C16H12ClNO2/c1-20-16(19)12-6-5-11-8-14(18-15(11)9-12)10-3-2-4-13(17)7-10/h2-9,18H,1H3. The number of halogens is 1. The van der Waals surface area contributed by atoms with Gasteiger partial charge in [-0.2, -0.15) is 0 Å². The van der Waals surface area contributed by atoms with Crippen molar-refractivity contribution in [2.75, 3.05) is 7.11 Å². The monoisotopic (exact) mass is 285 g/mol. The Hall–Kier alpha value is -2.26. The molecule has 0 unspecified atom stereocenters. The average Bonchev–Trinajstić information content (AvgIpc) is 2.89. The Morgan fingerprint density at radius 2 is 2.00 bits per heavy atom. The largest absolute Gasteiger partial charge is 0.465 e. The van der Waals surface area contributed by atoms with Crippen molar-refractivity contribution in [3.63, 3.8) is 0 Å². The summed E-state index contributed by atoms with van der Waals surface area (Å²) in [6, 6.07) is 15.1.